The quantitative estimate of drug-likeness (QED) is 0.0503. The molecule has 0 N–H and O–H groups in total. The number of nitrogens with zero attached hydrogens (tertiary/aromatic N) is 4. The van der Waals surface area contributed by atoms with Gasteiger partial charge in [0.05, 0.1) is 12.8 Å². The lowest BCUT2D eigenvalue weighted by molar-refractivity contribution is -0.820. The zero-order valence-corrected chi connectivity index (χ0v) is 65.9. The predicted molar refractivity (Wildman–Crippen MR) is 467 cm³/mol. The summed E-state index contributed by atoms with van der Waals surface area (Å²) in [6.45, 7) is 2.66. The van der Waals surface area contributed by atoms with Crippen molar-refractivity contribution in [3.8, 4) is 22.3 Å². The van der Waals surface area contributed by atoms with Crippen molar-refractivity contribution in [2.24, 2.45) is 7.05 Å². The number of hydrogen-bond acceptors (Lipinski definition) is 0. The van der Waals surface area contributed by atoms with Crippen molar-refractivity contribution in [1.82, 2.24) is 0 Å². The molecule has 8 heteroatoms. The average Bonchev–Trinajstić information content (AvgIpc) is 0.656. The predicted octanol–water partition coefficient (Wildman–Crippen LogP) is 16.7. The number of pyridine rings is 4. The molecule has 4 aromatic heterocycles. The van der Waals surface area contributed by atoms with Crippen LogP contribution < -0.4 is 81.9 Å². The first-order chi connectivity index (χ1) is 54.2. The number of aromatic nitrogens is 4. The molecule has 2 aliphatic carbocycles. The number of benzene rings is 12. The van der Waals surface area contributed by atoms with E-state index in [-0.39, 0.29) is 5.16 Å². The Morgan fingerprint density at radius 3 is 0.500 bits per heavy atom. The van der Waals surface area contributed by atoms with Crippen molar-refractivity contribution in [3.63, 3.8) is 0 Å². The second kappa shape index (κ2) is 29.4. The Morgan fingerprint density at radius 2 is 0.327 bits per heavy atom. The van der Waals surface area contributed by atoms with Gasteiger partial charge in [-0.1, -0.05) is 218 Å². The van der Waals surface area contributed by atoms with Crippen LogP contribution in [0.2, 0.25) is 0 Å². The fourth-order valence-corrected chi connectivity index (χ4v) is 43.4. The Hall–Kier alpha value is -11.0. The van der Waals surface area contributed by atoms with E-state index in [0.29, 0.717) is 0 Å². The Morgan fingerprint density at radius 1 is 0.182 bits per heavy atom. The topological polar surface area (TPSA) is 15.5 Å². The normalized spacial score (nSPS) is 18.5. The lowest BCUT2D eigenvalue weighted by Gasteiger charge is -2.56. The van der Waals surface area contributed by atoms with E-state index in [4.69, 9.17) is 0 Å². The van der Waals surface area contributed by atoms with Gasteiger partial charge in [0.25, 0.3) is 5.28 Å². The van der Waals surface area contributed by atoms with Gasteiger partial charge in [-0.3, -0.25) is 0 Å². The van der Waals surface area contributed by atoms with Crippen LogP contribution in [0, 0.1) is 0 Å². The second-order valence-electron chi connectivity index (χ2n) is 30.1. The lowest BCUT2D eigenvalue weighted by Crippen LogP contribution is -2.80. The van der Waals surface area contributed by atoms with Gasteiger partial charge in [-0.2, -0.15) is 13.7 Å². The molecule has 18 rings (SSSR count). The molecule has 0 saturated heterocycles. The molecule has 4 heterocycles. The monoisotopic (exact) mass is 1490 g/mol. The SMILES string of the molecule is C[n+]1ccc(-c2cc[n+](C3([P+](c4ccccc4)(c4ccccc4)c4ccccc4)CC([n+]4ccc(-c5cc[n+](C6([P+](c7ccccc7)(c7ccccc7)c7ccccc7)CC(C)([P+](c7ccccc7)(c7ccccc7)c7ccccc7)C6)cc5)cc4)([P+](c4ccccc4)(c4ccccc4)c4ccccc4)C3)cc2)cc1. The molecule has 2 aliphatic rings. The van der Waals surface area contributed by atoms with Crippen LogP contribution in [0.15, 0.2) is 462 Å². The highest BCUT2D eigenvalue weighted by Gasteiger charge is 2.91. The lowest BCUT2D eigenvalue weighted by atomic mass is 9.79. The van der Waals surface area contributed by atoms with Gasteiger partial charge in [-0.05, 0) is 175 Å². The minimum Gasteiger partial charge on any atom is -0.208 e. The molecule has 0 unspecified atom stereocenters. The molecule has 0 amide bonds. The van der Waals surface area contributed by atoms with E-state index in [1.54, 1.807) is 0 Å². The van der Waals surface area contributed by atoms with E-state index in [1.165, 1.54) is 85.9 Å². The maximum Gasteiger partial charge on any atom is 0.300 e. The Bertz CT molecular complexity index is 5350. The fraction of sp³-hybridized carbons (Fsp3) is 0.0980. The molecule has 2 saturated carbocycles. The molecule has 16 aromatic rings. The first kappa shape index (κ1) is 70.6. The van der Waals surface area contributed by atoms with Crippen molar-refractivity contribution in [1.29, 1.82) is 0 Å². The Kier molecular flexibility index (Phi) is 18.9. The second-order valence-corrected chi connectivity index (χ2v) is 45.2. The van der Waals surface area contributed by atoms with Crippen LogP contribution in [0.5, 0.6) is 0 Å². The molecular formula is C102H90N4P4+8. The highest BCUT2D eigenvalue weighted by Crippen LogP contribution is 2.86. The van der Waals surface area contributed by atoms with E-state index < -0.39 is 44.9 Å². The van der Waals surface area contributed by atoms with Crippen LogP contribution in [0.3, 0.4) is 0 Å². The Balaban J connectivity index is 0.857. The third-order valence-electron chi connectivity index (χ3n) is 24.4. The number of hydrogen-bond donors (Lipinski definition) is 0. The molecular weight excluding hydrogens is 1410 g/mol. The van der Waals surface area contributed by atoms with Crippen molar-refractivity contribution in [2.45, 2.75) is 53.6 Å². The minimum absolute atomic E-state index is 0.209. The molecule has 0 spiro atoms. The summed E-state index contributed by atoms with van der Waals surface area (Å²) >= 11 is 0. The summed E-state index contributed by atoms with van der Waals surface area (Å²) in [6.07, 6.45) is 22.5. The van der Waals surface area contributed by atoms with E-state index in [2.05, 4.69) is 494 Å². The summed E-state index contributed by atoms with van der Waals surface area (Å²) in [5.41, 5.74) is 4.71. The Labute approximate surface area is 651 Å². The van der Waals surface area contributed by atoms with Crippen LogP contribution in [-0.4, -0.2) is 5.16 Å². The van der Waals surface area contributed by atoms with Crippen LogP contribution >= 0.6 is 29.0 Å². The van der Waals surface area contributed by atoms with Crippen LogP contribution in [0.1, 0.15) is 32.6 Å². The van der Waals surface area contributed by atoms with Gasteiger partial charge in [0.2, 0.25) is 0 Å². The van der Waals surface area contributed by atoms with Gasteiger partial charge in [-0.25, -0.2) is 4.57 Å². The number of aryl methyl sites for hydroxylation is 1. The van der Waals surface area contributed by atoms with Gasteiger partial charge >= 0.3 is 10.6 Å². The highest BCUT2D eigenvalue weighted by atomic mass is 31.2. The summed E-state index contributed by atoms with van der Waals surface area (Å²) < 4.78 is 10.2. The summed E-state index contributed by atoms with van der Waals surface area (Å²) in [4.78, 5) is 0. The van der Waals surface area contributed by atoms with Gasteiger partial charge in [-0.15, -0.1) is 0 Å². The van der Waals surface area contributed by atoms with E-state index in [1.807, 2.05) is 0 Å². The van der Waals surface area contributed by atoms with Gasteiger partial charge in [0.1, 0.15) is 83.1 Å². The molecule has 0 atom stereocenters. The summed E-state index contributed by atoms with van der Waals surface area (Å²) in [7, 11) is -8.67. The minimum atomic E-state index is -2.83. The smallest absolute Gasteiger partial charge is 0.208 e. The maximum absolute atomic E-state index is 2.83. The molecule has 110 heavy (non-hydrogen) atoms. The third-order valence-corrected chi connectivity index (χ3v) is 44.6. The first-order valence-electron chi connectivity index (χ1n) is 38.5. The van der Waals surface area contributed by atoms with E-state index >= 15 is 0 Å². The summed E-state index contributed by atoms with van der Waals surface area (Å²) in [6, 6.07) is 159. The van der Waals surface area contributed by atoms with Crippen molar-refractivity contribution in [2.75, 3.05) is 0 Å². The summed E-state index contributed by atoms with van der Waals surface area (Å²) in [5.74, 6) is 0. The van der Waals surface area contributed by atoms with Crippen LogP contribution in [-0.2, 0) is 22.9 Å². The zero-order valence-electron chi connectivity index (χ0n) is 62.3. The van der Waals surface area contributed by atoms with E-state index in [0.717, 1.165) is 25.7 Å². The van der Waals surface area contributed by atoms with Crippen LogP contribution in [0.25, 0.3) is 22.3 Å². The maximum atomic E-state index is 2.72. The van der Waals surface area contributed by atoms with Gasteiger partial charge < -0.3 is 0 Å². The first-order valence-corrected chi connectivity index (χ1v) is 45.6. The molecule has 0 bridgehead atoms. The largest absolute Gasteiger partial charge is 0.300 e. The summed E-state index contributed by atoms with van der Waals surface area (Å²) in [5, 5.41) is 14.8. The molecule has 2 fully saturated rings. The van der Waals surface area contributed by atoms with Crippen molar-refractivity contribution < 1.29 is 18.3 Å². The average molecular weight is 1500 g/mol. The molecule has 530 valence electrons. The zero-order chi connectivity index (χ0) is 74.1. The molecule has 4 nitrogen and oxygen atoms in total. The van der Waals surface area contributed by atoms with Gasteiger partial charge in [0, 0.05) is 48.5 Å². The van der Waals surface area contributed by atoms with Gasteiger partial charge in [0.15, 0.2) is 84.2 Å². The van der Waals surface area contributed by atoms with Crippen LogP contribution in [0.4, 0.5) is 0 Å². The molecule has 12 aromatic carbocycles. The third kappa shape index (κ3) is 11.2. The van der Waals surface area contributed by atoms with E-state index in [9.17, 15) is 0 Å². The van der Waals surface area contributed by atoms with Crippen molar-refractivity contribution >= 4 is 92.7 Å². The molecule has 0 radical (unpaired) electrons. The highest BCUT2D eigenvalue weighted by molar-refractivity contribution is 7.99. The number of rotatable bonds is 21. The van der Waals surface area contributed by atoms with Crippen molar-refractivity contribution in [3.05, 3.63) is 462 Å². The standard InChI is InChI=1S/C102H90N4P4/c1-99(107(87-39-15-3-16-40-87,88-41-17-4-18-42-88)89-43-19-5-20-44-89)79-100(80-99,108(90-45-21-6-22-46-90,91-47-23-7-24-48-91)92-49-25-8-26-50-92)104-73-65-85(66-74-104)86-69-77-106(78-70-86)102(110(96-57-33-12-34-58-96,97-59-35-13-36-60-97)98-61-37-14-38-62-98)81-101(82-102,105-75-67-84(68-76-105)83-63-71-103(2)72-64-83)109(93-51-27-9-28-52-93,94-53-29-10-30-54-94)95-55-31-11-32-56-95/h3-78H,79-82H2,1-2H3/q+8. The molecule has 0 aliphatic heterocycles. The fourth-order valence-electron chi connectivity index (χ4n) is 20.1.